The number of nitrogens with zero attached hydrogens (tertiary/aromatic N) is 3. The highest BCUT2D eigenvalue weighted by atomic mass is 32.2. The van der Waals surface area contributed by atoms with Crippen LogP contribution in [-0.2, 0) is 16.9 Å². The first kappa shape index (κ1) is 11.9. The maximum Gasteiger partial charge on any atom is 0.407 e. The van der Waals surface area contributed by atoms with Gasteiger partial charge in [0.05, 0.1) is 5.75 Å². The molecule has 2 rings (SSSR count). The average Bonchev–Trinajstić information content (AvgIpc) is 2.57. The van der Waals surface area contributed by atoms with E-state index >= 15 is 0 Å². The number of carboxylic acid groups (broad SMARTS) is 1. The number of rotatable bonds is 3. The Labute approximate surface area is 98.6 Å². The maximum atomic E-state index is 11.9. The van der Waals surface area contributed by atoms with Crippen LogP contribution in [0.5, 0.6) is 0 Å². The zero-order chi connectivity index (χ0) is 12.6. The third-order valence-corrected chi connectivity index (χ3v) is 4.60. The smallest absolute Gasteiger partial charge is 0.407 e. The van der Waals surface area contributed by atoms with Crippen LogP contribution in [-0.4, -0.2) is 52.9 Å². The molecule has 0 bridgehead atoms. The Morgan fingerprint density at radius 3 is 2.71 bits per heavy atom. The van der Waals surface area contributed by atoms with Crippen molar-refractivity contribution in [2.24, 2.45) is 13.0 Å². The molecule has 0 saturated carbocycles. The van der Waals surface area contributed by atoms with Crippen molar-refractivity contribution in [3.63, 3.8) is 0 Å². The van der Waals surface area contributed by atoms with Crippen molar-refractivity contribution in [2.45, 2.75) is 5.16 Å². The second-order valence-corrected chi connectivity index (χ2v) is 6.08. The quantitative estimate of drug-likeness (QED) is 0.811. The van der Waals surface area contributed by atoms with E-state index in [0.29, 0.717) is 0 Å². The highest BCUT2D eigenvalue weighted by Gasteiger charge is 2.35. The van der Waals surface area contributed by atoms with Crippen molar-refractivity contribution in [1.82, 2.24) is 14.5 Å². The van der Waals surface area contributed by atoms with E-state index in [9.17, 15) is 13.2 Å². The number of sulfone groups is 1. The normalized spacial score (nSPS) is 16.9. The van der Waals surface area contributed by atoms with Gasteiger partial charge >= 0.3 is 6.09 Å². The fourth-order valence-electron chi connectivity index (χ4n) is 1.87. The van der Waals surface area contributed by atoms with Crippen molar-refractivity contribution < 1.29 is 18.3 Å². The first-order valence-corrected chi connectivity index (χ1v) is 6.73. The number of amides is 1. The van der Waals surface area contributed by atoms with Crippen LogP contribution >= 0.6 is 0 Å². The van der Waals surface area contributed by atoms with Crippen LogP contribution in [0, 0.1) is 5.92 Å². The van der Waals surface area contributed by atoms with E-state index < -0.39 is 15.9 Å². The zero-order valence-electron chi connectivity index (χ0n) is 9.28. The number of aryl methyl sites for hydroxylation is 1. The Balaban J connectivity index is 2.01. The van der Waals surface area contributed by atoms with Crippen LogP contribution in [0.3, 0.4) is 0 Å². The van der Waals surface area contributed by atoms with E-state index in [1.54, 1.807) is 13.2 Å². The molecule has 7 nitrogen and oxygen atoms in total. The molecule has 1 aliphatic heterocycles. The topological polar surface area (TPSA) is 92.5 Å². The number of likely N-dealkylation sites (tertiary alicyclic amines) is 1. The minimum atomic E-state index is -3.42. The van der Waals surface area contributed by atoms with E-state index in [0.717, 1.165) is 0 Å². The number of hydrogen-bond acceptors (Lipinski definition) is 4. The highest BCUT2D eigenvalue weighted by molar-refractivity contribution is 7.91. The molecule has 0 radical (unpaired) electrons. The number of aromatic nitrogens is 2. The Morgan fingerprint density at radius 2 is 2.24 bits per heavy atom. The van der Waals surface area contributed by atoms with E-state index in [1.165, 1.54) is 15.7 Å². The van der Waals surface area contributed by atoms with Crippen molar-refractivity contribution in [1.29, 1.82) is 0 Å². The van der Waals surface area contributed by atoms with Crippen LogP contribution in [0.25, 0.3) is 0 Å². The summed E-state index contributed by atoms with van der Waals surface area (Å²) in [6, 6.07) is 0. The predicted octanol–water partition coefficient (Wildman–Crippen LogP) is -0.196. The van der Waals surface area contributed by atoms with Gasteiger partial charge in [0.25, 0.3) is 0 Å². The molecule has 2 heterocycles. The van der Waals surface area contributed by atoms with Crippen LogP contribution in [0.1, 0.15) is 0 Å². The molecule has 1 aromatic rings. The van der Waals surface area contributed by atoms with Crippen molar-refractivity contribution >= 4 is 15.9 Å². The molecule has 1 fully saturated rings. The molecule has 0 aliphatic carbocycles. The SMILES string of the molecule is Cn1ccnc1S(=O)(=O)CC1CN(C(=O)O)C1. The van der Waals surface area contributed by atoms with Gasteiger partial charge in [-0.2, -0.15) is 0 Å². The van der Waals surface area contributed by atoms with Gasteiger partial charge in [0, 0.05) is 38.4 Å². The molecule has 1 aromatic heterocycles. The van der Waals surface area contributed by atoms with Crippen LogP contribution in [0.2, 0.25) is 0 Å². The second kappa shape index (κ2) is 4.02. The fraction of sp³-hybridized carbons (Fsp3) is 0.556. The van der Waals surface area contributed by atoms with Gasteiger partial charge in [-0.25, -0.2) is 18.2 Å². The van der Waals surface area contributed by atoms with E-state index in [-0.39, 0.29) is 29.9 Å². The summed E-state index contributed by atoms with van der Waals surface area (Å²) in [5, 5.41) is 8.67. The molecule has 0 aromatic carbocycles. The molecule has 0 unspecified atom stereocenters. The molecule has 8 heteroatoms. The lowest BCUT2D eigenvalue weighted by molar-refractivity contribution is 0.0893. The van der Waals surface area contributed by atoms with Crippen LogP contribution in [0.4, 0.5) is 4.79 Å². The summed E-state index contributed by atoms with van der Waals surface area (Å²) in [6.45, 7) is 0.554. The maximum absolute atomic E-state index is 11.9. The van der Waals surface area contributed by atoms with E-state index in [2.05, 4.69) is 4.98 Å². The summed E-state index contributed by atoms with van der Waals surface area (Å²) >= 11 is 0. The lowest BCUT2D eigenvalue weighted by Gasteiger charge is -2.36. The Kier molecular flexibility index (Phi) is 2.82. The molecule has 94 valence electrons. The lowest BCUT2D eigenvalue weighted by atomic mass is 10.0. The average molecular weight is 259 g/mol. The summed E-state index contributed by atoms with van der Waals surface area (Å²) in [4.78, 5) is 15.5. The second-order valence-electron chi connectivity index (χ2n) is 4.16. The summed E-state index contributed by atoms with van der Waals surface area (Å²) in [6.07, 6.45) is 1.99. The van der Waals surface area contributed by atoms with E-state index in [4.69, 9.17) is 5.11 Å². The van der Waals surface area contributed by atoms with Crippen molar-refractivity contribution in [3.8, 4) is 0 Å². The Morgan fingerprint density at radius 1 is 1.59 bits per heavy atom. The van der Waals surface area contributed by atoms with Crippen molar-refractivity contribution in [2.75, 3.05) is 18.8 Å². The van der Waals surface area contributed by atoms with Gasteiger partial charge in [-0.15, -0.1) is 0 Å². The summed E-state index contributed by atoms with van der Waals surface area (Å²) in [7, 11) is -1.81. The van der Waals surface area contributed by atoms with Crippen LogP contribution in [0.15, 0.2) is 17.6 Å². The van der Waals surface area contributed by atoms with Gasteiger partial charge < -0.3 is 14.6 Å². The van der Waals surface area contributed by atoms with Crippen molar-refractivity contribution in [3.05, 3.63) is 12.4 Å². The zero-order valence-corrected chi connectivity index (χ0v) is 10.1. The lowest BCUT2D eigenvalue weighted by Crippen LogP contribution is -2.51. The standard InChI is InChI=1S/C9H13N3O4S/c1-11-3-2-10-8(11)17(15,16)6-7-4-12(5-7)9(13)14/h2-3,7H,4-6H2,1H3,(H,13,14). The van der Waals surface area contributed by atoms with Gasteiger partial charge in [-0.3, -0.25) is 0 Å². The number of hydrogen-bond donors (Lipinski definition) is 1. The molecule has 1 saturated heterocycles. The third kappa shape index (κ3) is 2.26. The summed E-state index contributed by atoms with van der Waals surface area (Å²) in [5.41, 5.74) is 0. The van der Waals surface area contributed by atoms with Gasteiger partial charge in [0.1, 0.15) is 0 Å². The fourth-order valence-corrected chi connectivity index (χ4v) is 3.57. The first-order chi connectivity index (χ1) is 7.90. The minimum Gasteiger partial charge on any atom is -0.465 e. The van der Waals surface area contributed by atoms with Gasteiger partial charge in [0.2, 0.25) is 15.0 Å². The molecule has 1 aliphatic rings. The largest absolute Gasteiger partial charge is 0.465 e. The Bertz CT molecular complexity index is 530. The molecule has 1 amide bonds. The molecule has 1 N–H and O–H groups in total. The molecular formula is C9H13N3O4S. The van der Waals surface area contributed by atoms with Gasteiger partial charge in [-0.1, -0.05) is 0 Å². The molecule has 0 atom stereocenters. The van der Waals surface area contributed by atoms with E-state index in [1.807, 2.05) is 0 Å². The summed E-state index contributed by atoms with van der Waals surface area (Å²) < 4.78 is 25.3. The number of carbonyl (C=O) groups is 1. The molecule has 0 spiro atoms. The van der Waals surface area contributed by atoms with Gasteiger partial charge in [-0.05, 0) is 0 Å². The third-order valence-electron chi connectivity index (χ3n) is 2.74. The Hall–Kier alpha value is -1.57. The highest BCUT2D eigenvalue weighted by Crippen LogP contribution is 2.20. The summed E-state index contributed by atoms with van der Waals surface area (Å²) in [5.74, 6) is -0.186. The molecule has 17 heavy (non-hydrogen) atoms. The predicted molar refractivity (Wildman–Crippen MR) is 58.3 cm³/mol. The first-order valence-electron chi connectivity index (χ1n) is 5.08. The number of imidazole rings is 1. The minimum absolute atomic E-state index is 0.0336. The van der Waals surface area contributed by atoms with Gasteiger partial charge in [0.15, 0.2) is 0 Å². The molecular weight excluding hydrogens is 246 g/mol. The van der Waals surface area contributed by atoms with Crippen LogP contribution < -0.4 is 0 Å². The monoisotopic (exact) mass is 259 g/mol.